The van der Waals surface area contributed by atoms with Crippen LogP contribution in [0.5, 0.6) is 0 Å². The van der Waals surface area contributed by atoms with E-state index in [1.54, 1.807) is 11.3 Å². The summed E-state index contributed by atoms with van der Waals surface area (Å²) in [5.74, 6) is 0. The van der Waals surface area contributed by atoms with E-state index in [2.05, 4.69) is 55.9 Å². The molecule has 1 aliphatic rings. The minimum Gasteiger partial charge on any atom is -0.381 e. The Labute approximate surface area is 137 Å². The molecule has 0 bridgehead atoms. The van der Waals surface area contributed by atoms with Gasteiger partial charge in [-0.1, -0.05) is 28.1 Å². The highest BCUT2D eigenvalue weighted by molar-refractivity contribution is 9.10. The zero-order valence-electron chi connectivity index (χ0n) is 11.8. The predicted molar refractivity (Wildman–Crippen MR) is 89.7 cm³/mol. The van der Waals surface area contributed by atoms with E-state index in [0.29, 0.717) is 0 Å². The number of hydrogen-bond acceptors (Lipinski definition) is 4. The van der Waals surface area contributed by atoms with Crippen LogP contribution in [0.15, 0.2) is 39.6 Å². The van der Waals surface area contributed by atoms with Gasteiger partial charge in [-0.3, -0.25) is 0 Å². The molecule has 1 aromatic carbocycles. The van der Waals surface area contributed by atoms with Crippen molar-refractivity contribution in [1.29, 1.82) is 0 Å². The van der Waals surface area contributed by atoms with Gasteiger partial charge in [-0.15, -0.1) is 11.3 Å². The first-order valence-electron chi connectivity index (χ1n) is 7.20. The molecule has 0 amide bonds. The van der Waals surface area contributed by atoms with Crippen molar-refractivity contribution in [3.05, 3.63) is 50.9 Å². The Morgan fingerprint density at radius 3 is 2.67 bits per heavy atom. The lowest BCUT2D eigenvalue weighted by atomic mass is 9.74. The van der Waals surface area contributed by atoms with Gasteiger partial charge in [-0.2, -0.15) is 0 Å². The van der Waals surface area contributed by atoms with Crippen LogP contribution in [0.25, 0.3) is 0 Å². The summed E-state index contributed by atoms with van der Waals surface area (Å²) in [6, 6.07) is 8.74. The van der Waals surface area contributed by atoms with Crippen molar-refractivity contribution in [2.75, 3.05) is 19.8 Å². The highest BCUT2D eigenvalue weighted by atomic mass is 79.9. The number of thiazole rings is 1. The minimum atomic E-state index is 0.176. The molecule has 0 radical (unpaired) electrons. The summed E-state index contributed by atoms with van der Waals surface area (Å²) in [5, 5.41) is 5.69. The van der Waals surface area contributed by atoms with Gasteiger partial charge < -0.3 is 10.1 Å². The SMILES string of the molecule is Brc1ccc(C2(CNCc3cscn3)CCOCC2)cc1. The molecule has 1 aliphatic heterocycles. The average Bonchev–Trinajstić information content (AvgIpc) is 3.02. The summed E-state index contributed by atoms with van der Waals surface area (Å²) < 4.78 is 6.70. The third-order valence-corrected chi connectivity index (χ3v) is 5.32. The van der Waals surface area contributed by atoms with E-state index >= 15 is 0 Å². The molecular formula is C16H19BrN2OS. The number of rotatable bonds is 5. The van der Waals surface area contributed by atoms with Gasteiger partial charge in [0, 0.05) is 41.6 Å². The first-order valence-corrected chi connectivity index (χ1v) is 8.94. The molecule has 1 aromatic heterocycles. The van der Waals surface area contributed by atoms with Crippen molar-refractivity contribution in [2.24, 2.45) is 0 Å². The third-order valence-electron chi connectivity index (χ3n) is 4.16. The van der Waals surface area contributed by atoms with Crippen molar-refractivity contribution in [2.45, 2.75) is 24.8 Å². The largest absolute Gasteiger partial charge is 0.381 e. The molecule has 3 rings (SSSR count). The van der Waals surface area contributed by atoms with E-state index in [0.717, 1.165) is 49.3 Å². The Bertz CT molecular complexity index is 550. The number of aromatic nitrogens is 1. The lowest BCUT2D eigenvalue weighted by Crippen LogP contribution is -2.42. The van der Waals surface area contributed by atoms with Crippen molar-refractivity contribution in [1.82, 2.24) is 10.3 Å². The van der Waals surface area contributed by atoms with Crippen LogP contribution in [0.4, 0.5) is 0 Å². The second-order valence-corrected chi connectivity index (χ2v) is 7.12. The maximum Gasteiger partial charge on any atom is 0.0795 e. The van der Waals surface area contributed by atoms with Crippen molar-refractivity contribution in [3.63, 3.8) is 0 Å². The fraction of sp³-hybridized carbons (Fsp3) is 0.438. The van der Waals surface area contributed by atoms with Crippen LogP contribution < -0.4 is 5.32 Å². The van der Waals surface area contributed by atoms with E-state index in [9.17, 15) is 0 Å². The summed E-state index contributed by atoms with van der Waals surface area (Å²) in [7, 11) is 0. The summed E-state index contributed by atoms with van der Waals surface area (Å²) >= 11 is 5.16. The quantitative estimate of drug-likeness (QED) is 0.874. The van der Waals surface area contributed by atoms with E-state index in [1.165, 1.54) is 5.56 Å². The molecule has 1 saturated heterocycles. The molecule has 1 fully saturated rings. The first kappa shape index (κ1) is 15.2. The molecule has 5 heteroatoms. The summed E-state index contributed by atoms with van der Waals surface area (Å²) in [6.07, 6.45) is 2.14. The number of nitrogens with zero attached hydrogens (tertiary/aromatic N) is 1. The molecule has 2 heterocycles. The van der Waals surface area contributed by atoms with Crippen LogP contribution >= 0.6 is 27.3 Å². The number of hydrogen-bond donors (Lipinski definition) is 1. The second kappa shape index (κ2) is 7.01. The Kier molecular flexibility index (Phi) is 5.06. The summed E-state index contributed by atoms with van der Waals surface area (Å²) in [5.41, 5.74) is 4.59. The Hall–Kier alpha value is -0.750. The zero-order valence-corrected chi connectivity index (χ0v) is 14.3. The monoisotopic (exact) mass is 366 g/mol. The third kappa shape index (κ3) is 3.72. The summed E-state index contributed by atoms with van der Waals surface area (Å²) in [6.45, 7) is 3.49. The fourth-order valence-corrected chi connectivity index (χ4v) is 3.71. The molecule has 3 nitrogen and oxygen atoms in total. The van der Waals surface area contributed by atoms with Crippen LogP contribution in [0, 0.1) is 0 Å². The lowest BCUT2D eigenvalue weighted by molar-refractivity contribution is 0.0497. The Morgan fingerprint density at radius 1 is 1.24 bits per heavy atom. The van der Waals surface area contributed by atoms with Crippen LogP contribution in [-0.4, -0.2) is 24.7 Å². The van der Waals surface area contributed by atoms with E-state index in [-0.39, 0.29) is 5.41 Å². The van der Waals surface area contributed by atoms with Crippen LogP contribution in [0.1, 0.15) is 24.1 Å². The molecule has 112 valence electrons. The topological polar surface area (TPSA) is 34.2 Å². The molecular weight excluding hydrogens is 348 g/mol. The maximum absolute atomic E-state index is 5.57. The number of ether oxygens (including phenoxy) is 1. The molecule has 0 unspecified atom stereocenters. The van der Waals surface area contributed by atoms with Crippen LogP contribution in [0.2, 0.25) is 0 Å². The first-order chi connectivity index (χ1) is 10.3. The van der Waals surface area contributed by atoms with Crippen molar-refractivity contribution in [3.8, 4) is 0 Å². The van der Waals surface area contributed by atoms with E-state index in [4.69, 9.17) is 4.74 Å². The minimum absolute atomic E-state index is 0.176. The van der Waals surface area contributed by atoms with Gasteiger partial charge in [-0.25, -0.2) is 4.98 Å². The Balaban J connectivity index is 1.71. The van der Waals surface area contributed by atoms with Gasteiger partial charge >= 0.3 is 0 Å². The molecule has 0 atom stereocenters. The molecule has 1 N–H and O–H groups in total. The van der Waals surface area contributed by atoms with Crippen molar-refractivity contribution >= 4 is 27.3 Å². The van der Waals surface area contributed by atoms with Gasteiger partial charge in [0.2, 0.25) is 0 Å². The number of halogens is 1. The van der Waals surface area contributed by atoms with Crippen LogP contribution in [-0.2, 0) is 16.7 Å². The van der Waals surface area contributed by atoms with E-state index in [1.807, 2.05) is 5.51 Å². The van der Waals surface area contributed by atoms with Gasteiger partial charge in [-0.05, 0) is 30.5 Å². The Morgan fingerprint density at radius 2 is 2.00 bits per heavy atom. The normalized spacial score (nSPS) is 17.8. The van der Waals surface area contributed by atoms with Gasteiger partial charge in [0.15, 0.2) is 0 Å². The molecule has 0 aliphatic carbocycles. The maximum atomic E-state index is 5.57. The molecule has 21 heavy (non-hydrogen) atoms. The number of benzene rings is 1. The number of nitrogens with one attached hydrogen (secondary N) is 1. The zero-order chi connectivity index (χ0) is 14.5. The average molecular weight is 367 g/mol. The molecule has 0 spiro atoms. The summed E-state index contributed by atoms with van der Waals surface area (Å²) in [4.78, 5) is 4.33. The predicted octanol–water partition coefficient (Wildman–Crippen LogP) is 3.74. The molecule has 0 saturated carbocycles. The molecule has 2 aromatic rings. The van der Waals surface area contributed by atoms with Gasteiger partial charge in [0.1, 0.15) is 0 Å². The highest BCUT2D eigenvalue weighted by Gasteiger charge is 2.34. The second-order valence-electron chi connectivity index (χ2n) is 5.48. The van der Waals surface area contributed by atoms with E-state index < -0.39 is 0 Å². The van der Waals surface area contributed by atoms with Crippen molar-refractivity contribution < 1.29 is 4.74 Å². The fourth-order valence-electron chi connectivity index (χ4n) is 2.89. The van der Waals surface area contributed by atoms with Gasteiger partial charge in [0.05, 0.1) is 11.2 Å². The standard InChI is InChI=1S/C16H19BrN2OS/c17-14-3-1-13(2-4-14)16(5-7-20-8-6-16)11-18-9-15-10-21-12-19-15/h1-4,10,12,18H,5-9,11H2. The smallest absolute Gasteiger partial charge is 0.0795 e. The van der Waals surface area contributed by atoms with Gasteiger partial charge in [0.25, 0.3) is 0 Å². The highest BCUT2D eigenvalue weighted by Crippen LogP contribution is 2.35. The lowest BCUT2D eigenvalue weighted by Gasteiger charge is -2.38. The van der Waals surface area contributed by atoms with Crippen LogP contribution in [0.3, 0.4) is 0 Å².